The summed E-state index contributed by atoms with van der Waals surface area (Å²) in [6.07, 6.45) is 0.929. The highest BCUT2D eigenvalue weighted by Crippen LogP contribution is 2.24. The zero-order valence-electron chi connectivity index (χ0n) is 9.88. The Morgan fingerprint density at radius 3 is 2.44 bits per heavy atom. The standard InChI is InChI=1S/C15H13ClN2/c16-14-9-5-4-8-13(14)15-10-11-18(17-15)12-6-2-1-3-7-12/h1-9H,10-11H2. The molecule has 0 unspecified atom stereocenters. The van der Waals surface area contributed by atoms with Crippen LogP contribution in [0, 0.1) is 0 Å². The van der Waals surface area contributed by atoms with Crippen LogP contribution >= 0.6 is 11.6 Å². The van der Waals surface area contributed by atoms with Crippen LogP contribution in [0.5, 0.6) is 0 Å². The first-order valence-electron chi connectivity index (χ1n) is 5.99. The number of benzene rings is 2. The highest BCUT2D eigenvalue weighted by atomic mass is 35.5. The molecule has 2 aromatic rings. The lowest BCUT2D eigenvalue weighted by atomic mass is 10.1. The molecule has 90 valence electrons. The van der Waals surface area contributed by atoms with Crippen LogP contribution in [0.4, 0.5) is 5.69 Å². The Hall–Kier alpha value is -1.80. The van der Waals surface area contributed by atoms with Crippen LogP contribution in [0.3, 0.4) is 0 Å². The van der Waals surface area contributed by atoms with E-state index in [1.54, 1.807) is 0 Å². The van der Waals surface area contributed by atoms with Crippen LogP contribution in [-0.2, 0) is 0 Å². The molecule has 0 bridgehead atoms. The van der Waals surface area contributed by atoms with E-state index in [0.717, 1.165) is 35.0 Å². The van der Waals surface area contributed by atoms with Crippen molar-refractivity contribution in [2.24, 2.45) is 5.10 Å². The molecule has 3 heteroatoms. The van der Waals surface area contributed by atoms with Gasteiger partial charge in [-0.1, -0.05) is 48.0 Å². The second kappa shape index (κ2) is 4.83. The quantitative estimate of drug-likeness (QED) is 0.794. The Bertz CT molecular complexity index is 578. The van der Waals surface area contributed by atoms with Gasteiger partial charge in [0.25, 0.3) is 0 Å². The highest BCUT2D eigenvalue weighted by molar-refractivity contribution is 6.34. The molecule has 1 aliphatic rings. The van der Waals surface area contributed by atoms with Crippen molar-refractivity contribution in [1.29, 1.82) is 0 Å². The molecule has 0 N–H and O–H groups in total. The molecule has 0 radical (unpaired) electrons. The summed E-state index contributed by atoms with van der Waals surface area (Å²) in [5.74, 6) is 0. The number of hydrogen-bond donors (Lipinski definition) is 0. The lowest BCUT2D eigenvalue weighted by Gasteiger charge is -2.12. The smallest absolute Gasteiger partial charge is 0.0715 e. The SMILES string of the molecule is Clc1ccccc1C1=NN(c2ccccc2)CC1. The summed E-state index contributed by atoms with van der Waals surface area (Å²) in [7, 11) is 0. The highest BCUT2D eigenvalue weighted by Gasteiger charge is 2.18. The number of para-hydroxylation sites is 1. The predicted octanol–water partition coefficient (Wildman–Crippen LogP) is 3.95. The van der Waals surface area contributed by atoms with E-state index in [1.807, 2.05) is 47.5 Å². The van der Waals surface area contributed by atoms with E-state index >= 15 is 0 Å². The molecular weight excluding hydrogens is 244 g/mol. The first-order chi connectivity index (χ1) is 8.84. The average Bonchev–Trinajstić information content (AvgIpc) is 2.90. The first-order valence-corrected chi connectivity index (χ1v) is 6.37. The molecule has 2 aromatic carbocycles. The molecule has 18 heavy (non-hydrogen) atoms. The molecule has 0 aromatic heterocycles. The maximum Gasteiger partial charge on any atom is 0.0715 e. The Morgan fingerprint density at radius 2 is 1.67 bits per heavy atom. The maximum absolute atomic E-state index is 6.20. The van der Waals surface area contributed by atoms with Crippen molar-refractivity contribution in [2.45, 2.75) is 6.42 Å². The van der Waals surface area contributed by atoms with Crippen molar-refractivity contribution in [3.63, 3.8) is 0 Å². The Kier molecular flexibility index (Phi) is 3.03. The average molecular weight is 257 g/mol. The number of hydrogen-bond acceptors (Lipinski definition) is 2. The van der Waals surface area contributed by atoms with Gasteiger partial charge in [0, 0.05) is 23.6 Å². The van der Waals surface area contributed by atoms with Crippen molar-refractivity contribution >= 4 is 23.0 Å². The van der Waals surface area contributed by atoms with Crippen molar-refractivity contribution in [1.82, 2.24) is 0 Å². The zero-order chi connectivity index (χ0) is 12.4. The van der Waals surface area contributed by atoms with Crippen molar-refractivity contribution in [2.75, 3.05) is 11.6 Å². The predicted molar refractivity (Wildman–Crippen MR) is 76.4 cm³/mol. The van der Waals surface area contributed by atoms with Gasteiger partial charge >= 0.3 is 0 Å². The van der Waals surface area contributed by atoms with Crippen LogP contribution in [0.15, 0.2) is 59.7 Å². The second-order valence-corrected chi connectivity index (χ2v) is 4.64. The van der Waals surface area contributed by atoms with E-state index in [1.165, 1.54) is 0 Å². The topological polar surface area (TPSA) is 15.6 Å². The molecule has 3 rings (SSSR count). The van der Waals surface area contributed by atoms with Gasteiger partial charge < -0.3 is 0 Å². The van der Waals surface area contributed by atoms with Gasteiger partial charge in [0.2, 0.25) is 0 Å². The maximum atomic E-state index is 6.20. The van der Waals surface area contributed by atoms with Crippen molar-refractivity contribution in [3.8, 4) is 0 Å². The normalized spacial score (nSPS) is 14.7. The first kappa shape index (κ1) is 11.3. The Morgan fingerprint density at radius 1 is 0.944 bits per heavy atom. The monoisotopic (exact) mass is 256 g/mol. The Labute approximate surface area is 112 Å². The van der Waals surface area contributed by atoms with Gasteiger partial charge in [-0.3, -0.25) is 5.01 Å². The van der Waals surface area contributed by atoms with E-state index in [9.17, 15) is 0 Å². The number of nitrogens with zero attached hydrogens (tertiary/aromatic N) is 2. The summed E-state index contributed by atoms with van der Waals surface area (Å²) in [6, 6.07) is 18.1. The fraction of sp³-hybridized carbons (Fsp3) is 0.133. The third-order valence-corrected chi connectivity index (χ3v) is 3.37. The van der Waals surface area contributed by atoms with Gasteiger partial charge in [0.15, 0.2) is 0 Å². The van der Waals surface area contributed by atoms with Crippen molar-refractivity contribution < 1.29 is 0 Å². The van der Waals surface area contributed by atoms with Crippen molar-refractivity contribution in [3.05, 3.63) is 65.2 Å². The number of hydrazone groups is 1. The molecule has 2 nitrogen and oxygen atoms in total. The summed E-state index contributed by atoms with van der Waals surface area (Å²) in [5.41, 5.74) is 3.22. The van der Waals surface area contributed by atoms with E-state index in [4.69, 9.17) is 11.6 Å². The van der Waals surface area contributed by atoms with Crippen LogP contribution < -0.4 is 5.01 Å². The van der Waals surface area contributed by atoms with Gasteiger partial charge in [0.1, 0.15) is 0 Å². The molecule has 0 aliphatic carbocycles. The summed E-state index contributed by atoms with van der Waals surface area (Å²) < 4.78 is 0. The molecule has 0 amide bonds. The van der Waals surface area contributed by atoms with Crippen LogP contribution in [0.1, 0.15) is 12.0 Å². The second-order valence-electron chi connectivity index (χ2n) is 4.24. The largest absolute Gasteiger partial charge is 0.265 e. The summed E-state index contributed by atoms with van der Waals surface area (Å²) in [6.45, 7) is 0.907. The van der Waals surface area contributed by atoms with Gasteiger partial charge in [-0.15, -0.1) is 0 Å². The summed E-state index contributed by atoms with van der Waals surface area (Å²) in [4.78, 5) is 0. The third-order valence-electron chi connectivity index (χ3n) is 3.04. The molecular formula is C15H13ClN2. The lowest BCUT2D eigenvalue weighted by molar-refractivity contribution is 0.922. The van der Waals surface area contributed by atoms with Gasteiger partial charge in [0.05, 0.1) is 11.4 Å². The van der Waals surface area contributed by atoms with E-state index < -0.39 is 0 Å². The van der Waals surface area contributed by atoms with Crippen LogP contribution in [-0.4, -0.2) is 12.3 Å². The van der Waals surface area contributed by atoms with Crippen LogP contribution in [0.2, 0.25) is 5.02 Å². The molecule has 0 atom stereocenters. The van der Waals surface area contributed by atoms with E-state index in [2.05, 4.69) is 17.2 Å². The van der Waals surface area contributed by atoms with Crippen LogP contribution in [0.25, 0.3) is 0 Å². The fourth-order valence-corrected chi connectivity index (χ4v) is 2.37. The molecule has 0 saturated carbocycles. The molecule has 0 fully saturated rings. The molecule has 1 aliphatic heterocycles. The minimum Gasteiger partial charge on any atom is -0.265 e. The van der Waals surface area contributed by atoms with E-state index in [-0.39, 0.29) is 0 Å². The minimum absolute atomic E-state index is 0.770. The Balaban J connectivity index is 1.91. The van der Waals surface area contributed by atoms with Gasteiger partial charge in [-0.05, 0) is 18.2 Å². The number of halogens is 1. The number of anilines is 1. The van der Waals surface area contributed by atoms with Gasteiger partial charge in [-0.25, -0.2) is 0 Å². The summed E-state index contributed by atoms with van der Waals surface area (Å²) >= 11 is 6.20. The lowest BCUT2D eigenvalue weighted by Crippen LogP contribution is -2.11. The van der Waals surface area contributed by atoms with E-state index in [0.29, 0.717) is 0 Å². The van der Waals surface area contributed by atoms with Gasteiger partial charge in [-0.2, -0.15) is 5.10 Å². The third kappa shape index (κ3) is 2.12. The fourth-order valence-electron chi connectivity index (χ4n) is 2.13. The summed E-state index contributed by atoms with van der Waals surface area (Å²) in [5, 5.41) is 7.45. The zero-order valence-corrected chi connectivity index (χ0v) is 10.6. The molecule has 0 saturated heterocycles. The molecule has 1 heterocycles. The molecule has 0 spiro atoms. The minimum atomic E-state index is 0.770. The number of rotatable bonds is 2.